The molecule has 0 rings (SSSR count). The van der Waals surface area contributed by atoms with Crippen LogP contribution in [0.5, 0.6) is 0 Å². The topological polar surface area (TPSA) is 49.7 Å². The van der Waals surface area contributed by atoms with Gasteiger partial charge in [-0.05, 0) is 19.4 Å². The van der Waals surface area contributed by atoms with E-state index in [1.54, 1.807) is 6.26 Å². The molecule has 0 amide bonds. The van der Waals surface area contributed by atoms with Gasteiger partial charge in [0.2, 0.25) is 0 Å². The Morgan fingerprint density at radius 1 is 1.60 bits per heavy atom. The fraction of sp³-hybridized carbons (Fsp3) is 0.714. The zero-order valence-corrected chi connectivity index (χ0v) is 6.37. The van der Waals surface area contributed by atoms with Crippen molar-refractivity contribution in [2.75, 3.05) is 13.2 Å². The Labute approximate surface area is 60.9 Å². The van der Waals surface area contributed by atoms with Crippen molar-refractivity contribution in [3.63, 3.8) is 0 Å². The van der Waals surface area contributed by atoms with E-state index >= 15 is 0 Å². The van der Waals surface area contributed by atoms with E-state index in [1.807, 2.05) is 13.8 Å². The zero-order chi connectivity index (χ0) is 7.98. The molecule has 0 aromatic carbocycles. The van der Waals surface area contributed by atoms with E-state index < -0.39 is 6.10 Å². The number of rotatable bonds is 4. The molecule has 1 atom stereocenters. The van der Waals surface area contributed by atoms with Crippen LogP contribution in [-0.4, -0.2) is 29.5 Å². The highest BCUT2D eigenvalue weighted by Gasteiger charge is 1.98. The number of allylic oxidation sites excluding steroid dienone is 1. The van der Waals surface area contributed by atoms with E-state index in [-0.39, 0.29) is 13.2 Å². The molecule has 0 aliphatic rings. The first-order valence-electron chi connectivity index (χ1n) is 3.20. The summed E-state index contributed by atoms with van der Waals surface area (Å²) in [6.07, 6.45) is 0.786. The van der Waals surface area contributed by atoms with Gasteiger partial charge in [-0.15, -0.1) is 0 Å². The van der Waals surface area contributed by atoms with Crippen LogP contribution < -0.4 is 0 Å². The molecular formula is C7H14O3. The summed E-state index contributed by atoms with van der Waals surface area (Å²) >= 11 is 0. The van der Waals surface area contributed by atoms with Gasteiger partial charge in [0.25, 0.3) is 0 Å². The number of aliphatic hydroxyl groups is 2. The molecule has 0 aliphatic carbocycles. The predicted octanol–water partition coefficient (Wildman–Crippen LogP) is 0.280. The van der Waals surface area contributed by atoms with Crippen molar-refractivity contribution >= 4 is 0 Å². The summed E-state index contributed by atoms with van der Waals surface area (Å²) in [5.41, 5.74) is 1.03. The number of hydrogen-bond donors (Lipinski definition) is 2. The van der Waals surface area contributed by atoms with Crippen molar-refractivity contribution in [1.29, 1.82) is 0 Å². The van der Waals surface area contributed by atoms with E-state index in [0.717, 1.165) is 5.57 Å². The highest BCUT2D eigenvalue weighted by molar-refractivity contribution is 4.86. The van der Waals surface area contributed by atoms with Crippen LogP contribution in [0.3, 0.4) is 0 Å². The van der Waals surface area contributed by atoms with Gasteiger partial charge in [-0.25, -0.2) is 0 Å². The standard InChI is InChI=1S/C7H14O3/c1-6(2)4-10-5-7(9)3-8/h4,7-9H,3,5H2,1-2H3. The molecule has 0 aromatic heterocycles. The third kappa shape index (κ3) is 5.59. The van der Waals surface area contributed by atoms with Crippen LogP contribution in [0.1, 0.15) is 13.8 Å². The summed E-state index contributed by atoms with van der Waals surface area (Å²) in [4.78, 5) is 0. The van der Waals surface area contributed by atoms with Crippen molar-refractivity contribution in [3.05, 3.63) is 11.8 Å². The molecule has 0 saturated carbocycles. The molecule has 0 bridgehead atoms. The van der Waals surface area contributed by atoms with Gasteiger partial charge in [0.05, 0.1) is 12.9 Å². The molecule has 0 radical (unpaired) electrons. The first kappa shape index (κ1) is 9.46. The summed E-state index contributed by atoms with van der Waals surface area (Å²) in [7, 11) is 0. The van der Waals surface area contributed by atoms with Crippen LogP contribution in [0.4, 0.5) is 0 Å². The van der Waals surface area contributed by atoms with Crippen LogP contribution in [0, 0.1) is 0 Å². The van der Waals surface area contributed by atoms with Crippen molar-refractivity contribution in [2.24, 2.45) is 0 Å². The minimum atomic E-state index is -0.768. The lowest BCUT2D eigenvalue weighted by Crippen LogP contribution is -2.17. The minimum absolute atomic E-state index is 0.154. The molecule has 2 N–H and O–H groups in total. The van der Waals surface area contributed by atoms with Crippen LogP contribution in [-0.2, 0) is 4.74 Å². The van der Waals surface area contributed by atoms with E-state index in [0.29, 0.717) is 0 Å². The molecule has 60 valence electrons. The fourth-order valence-electron chi connectivity index (χ4n) is 0.379. The Morgan fingerprint density at radius 3 is 2.60 bits per heavy atom. The van der Waals surface area contributed by atoms with E-state index in [1.165, 1.54) is 0 Å². The maximum absolute atomic E-state index is 8.77. The molecule has 3 nitrogen and oxygen atoms in total. The summed E-state index contributed by atoms with van der Waals surface area (Å²) in [6, 6.07) is 0. The van der Waals surface area contributed by atoms with Gasteiger partial charge in [0.1, 0.15) is 12.7 Å². The SMILES string of the molecule is CC(C)=COCC(O)CO. The highest BCUT2D eigenvalue weighted by Crippen LogP contribution is 1.90. The fourth-order valence-corrected chi connectivity index (χ4v) is 0.379. The van der Waals surface area contributed by atoms with E-state index in [4.69, 9.17) is 14.9 Å². The van der Waals surface area contributed by atoms with Crippen LogP contribution in [0.15, 0.2) is 11.8 Å². The molecule has 0 aliphatic heterocycles. The lowest BCUT2D eigenvalue weighted by Gasteiger charge is -2.05. The Balaban J connectivity index is 3.28. The van der Waals surface area contributed by atoms with Gasteiger partial charge >= 0.3 is 0 Å². The first-order valence-corrected chi connectivity index (χ1v) is 3.20. The lowest BCUT2D eigenvalue weighted by atomic mass is 10.4. The number of aliphatic hydroxyl groups excluding tert-OH is 2. The van der Waals surface area contributed by atoms with E-state index in [2.05, 4.69) is 0 Å². The Morgan fingerprint density at radius 2 is 2.20 bits per heavy atom. The smallest absolute Gasteiger partial charge is 0.115 e. The molecule has 10 heavy (non-hydrogen) atoms. The van der Waals surface area contributed by atoms with Crippen molar-refractivity contribution in [2.45, 2.75) is 20.0 Å². The average molecular weight is 146 g/mol. The molecule has 0 aromatic rings. The second kappa shape index (κ2) is 5.26. The Bertz CT molecular complexity index is 105. The Kier molecular flexibility index (Phi) is 4.98. The van der Waals surface area contributed by atoms with Crippen molar-refractivity contribution in [3.8, 4) is 0 Å². The second-order valence-electron chi connectivity index (χ2n) is 2.36. The number of hydrogen-bond acceptors (Lipinski definition) is 3. The van der Waals surface area contributed by atoms with E-state index in [9.17, 15) is 0 Å². The maximum atomic E-state index is 8.77. The lowest BCUT2D eigenvalue weighted by molar-refractivity contribution is 0.0380. The summed E-state index contributed by atoms with van der Waals surface area (Å²) < 4.78 is 4.88. The molecule has 0 spiro atoms. The largest absolute Gasteiger partial charge is 0.498 e. The molecule has 3 heteroatoms. The zero-order valence-electron chi connectivity index (χ0n) is 6.37. The highest BCUT2D eigenvalue weighted by atomic mass is 16.5. The maximum Gasteiger partial charge on any atom is 0.115 e. The third-order valence-electron chi connectivity index (χ3n) is 0.818. The molecule has 1 unspecified atom stereocenters. The van der Waals surface area contributed by atoms with Gasteiger partial charge in [-0.1, -0.05) is 0 Å². The Hall–Kier alpha value is -0.540. The quantitative estimate of drug-likeness (QED) is 0.560. The molecule has 0 heterocycles. The first-order chi connectivity index (χ1) is 4.66. The second-order valence-corrected chi connectivity index (χ2v) is 2.36. The van der Waals surface area contributed by atoms with Gasteiger partial charge in [0.15, 0.2) is 0 Å². The van der Waals surface area contributed by atoms with Gasteiger partial charge < -0.3 is 14.9 Å². The number of ether oxygens (including phenoxy) is 1. The molecular weight excluding hydrogens is 132 g/mol. The molecule has 0 fully saturated rings. The third-order valence-corrected chi connectivity index (χ3v) is 0.818. The van der Waals surface area contributed by atoms with Crippen LogP contribution in [0.2, 0.25) is 0 Å². The normalized spacial score (nSPS) is 12.4. The summed E-state index contributed by atoms with van der Waals surface area (Å²) in [5.74, 6) is 0. The average Bonchev–Trinajstić information content (AvgIpc) is 1.87. The van der Waals surface area contributed by atoms with Crippen LogP contribution in [0.25, 0.3) is 0 Å². The van der Waals surface area contributed by atoms with Gasteiger partial charge in [-0.3, -0.25) is 0 Å². The van der Waals surface area contributed by atoms with Gasteiger partial charge in [-0.2, -0.15) is 0 Å². The summed E-state index contributed by atoms with van der Waals surface area (Å²) in [6.45, 7) is 3.69. The van der Waals surface area contributed by atoms with Crippen molar-refractivity contribution in [1.82, 2.24) is 0 Å². The van der Waals surface area contributed by atoms with Crippen molar-refractivity contribution < 1.29 is 14.9 Å². The van der Waals surface area contributed by atoms with Gasteiger partial charge in [0, 0.05) is 0 Å². The summed E-state index contributed by atoms with van der Waals surface area (Å²) in [5, 5.41) is 17.1. The van der Waals surface area contributed by atoms with Crippen LogP contribution >= 0.6 is 0 Å². The monoisotopic (exact) mass is 146 g/mol. The molecule has 0 saturated heterocycles. The minimum Gasteiger partial charge on any atom is -0.498 e. The predicted molar refractivity (Wildman–Crippen MR) is 38.5 cm³/mol.